The van der Waals surface area contributed by atoms with Crippen LogP contribution < -0.4 is 19.5 Å². The molecule has 6 aromatic rings. The van der Waals surface area contributed by atoms with Crippen LogP contribution >= 0.6 is 6.64 Å². The molecule has 0 amide bonds. The van der Waals surface area contributed by atoms with Gasteiger partial charge in [-0.05, 0) is 89.8 Å². The number of aryl methyl sites for hydroxylation is 2. The second-order valence-electron chi connectivity index (χ2n) is 10.4. The third-order valence-corrected chi connectivity index (χ3v) is 9.30. The Bertz CT molecular complexity index is 1900. The topological polar surface area (TPSA) is 42.5 Å². The van der Waals surface area contributed by atoms with Gasteiger partial charge in [-0.3, -0.25) is 5.09 Å². The van der Waals surface area contributed by atoms with Gasteiger partial charge in [0.2, 0.25) is 0 Å². The van der Waals surface area contributed by atoms with E-state index in [1.165, 1.54) is 5.39 Å². The second kappa shape index (κ2) is 11.9. The van der Waals surface area contributed by atoms with Gasteiger partial charge in [-0.25, -0.2) is 0 Å². The summed E-state index contributed by atoms with van der Waals surface area (Å²) in [7, 11) is 0. The van der Waals surface area contributed by atoms with Gasteiger partial charge in [0.15, 0.2) is 0 Å². The van der Waals surface area contributed by atoms with Crippen LogP contribution in [0.1, 0.15) is 18.1 Å². The average Bonchev–Trinajstić information content (AvgIpc) is 2.97. The third kappa shape index (κ3) is 5.85. The molecular formula is C36H33N2O2PS. The molecule has 0 fully saturated rings. The number of hydrogen-bond acceptors (Lipinski definition) is 4. The fraction of sp³-hybridized carbons (Fsp3) is 0.111. The van der Waals surface area contributed by atoms with Gasteiger partial charge in [-0.2, -0.15) is 0 Å². The third-order valence-electron chi connectivity index (χ3n) is 7.16. The van der Waals surface area contributed by atoms with Gasteiger partial charge in [0.05, 0.1) is 5.69 Å². The summed E-state index contributed by atoms with van der Waals surface area (Å²) in [5.41, 5.74) is 6.25. The predicted octanol–water partition coefficient (Wildman–Crippen LogP) is 10.5. The van der Waals surface area contributed by atoms with Gasteiger partial charge in [0, 0.05) is 35.2 Å². The molecule has 4 nitrogen and oxygen atoms in total. The van der Waals surface area contributed by atoms with Crippen molar-refractivity contribution in [2.75, 3.05) is 16.9 Å². The first-order chi connectivity index (χ1) is 20.4. The monoisotopic (exact) mass is 588 g/mol. The summed E-state index contributed by atoms with van der Waals surface area (Å²) in [4.78, 5) is 0. The molecule has 0 aliphatic carbocycles. The minimum atomic E-state index is -3.18. The highest BCUT2D eigenvalue weighted by Crippen LogP contribution is 2.52. The summed E-state index contributed by atoms with van der Waals surface area (Å²) in [6.07, 6.45) is 0. The van der Waals surface area contributed by atoms with Crippen LogP contribution in [0.15, 0.2) is 121 Å². The summed E-state index contributed by atoms with van der Waals surface area (Å²) in [5.74, 6) is 1.33. The highest BCUT2D eigenvalue weighted by atomic mass is 32.5. The van der Waals surface area contributed by atoms with Crippen molar-refractivity contribution >= 4 is 51.4 Å². The zero-order valence-electron chi connectivity index (χ0n) is 23.9. The van der Waals surface area contributed by atoms with E-state index < -0.39 is 6.64 Å². The molecular weight excluding hydrogens is 555 g/mol. The lowest BCUT2D eigenvalue weighted by molar-refractivity contribution is 0.492. The van der Waals surface area contributed by atoms with Crippen LogP contribution in [0.4, 0.5) is 11.4 Å². The Morgan fingerprint density at radius 1 is 0.595 bits per heavy atom. The highest BCUT2D eigenvalue weighted by Gasteiger charge is 2.27. The number of rotatable bonds is 9. The van der Waals surface area contributed by atoms with E-state index in [1.54, 1.807) is 0 Å². The Morgan fingerprint density at radius 2 is 1.10 bits per heavy atom. The maximum absolute atomic E-state index is 6.58. The summed E-state index contributed by atoms with van der Waals surface area (Å²) in [6.45, 7) is 3.81. The lowest BCUT2D eigenvalue weighted by Crippen LogP contribution is -2.11. The van der Waals surface area contributed by atoms with Crippen molar-refractivity contribution in [1.82, 2.24) is 0 Å². The Labute approximate surface area is 252 Å². The molecule has 0 atom stereocenters. The van der Waals surface area contributed by atoms with E-state index in [4.69, 9.17) is 20.9 Å². The fourth-order valence-corrected chi connectivity index (χ4v) is 7.55. The van der Waals surface area contributed by atoms with Gasteiger partial charge in [-0.1, -0.05) is 84.9 Å². The van der Waals surface area contributed by atoms with Gasteiger partial charge in [-0.15, -0.1) is 0 Å². The van der Waals surface area contributed by atoms with E-state index in [9.17, 15) is 0 Å². The molecule has 0 spiro atoms. The van der Waals surface area contributed by atoms with Crippen molar-refractivity contribution in [3.8, 4) is 22.6 Å². The molecule has 0 heterocycles. The summed E-state index contributed by atoms with van der Waals surface area (Å²) >= 11 is 6.29. The molecule has 0 aromatic heterocycles. The zero-order chi connectivity index (χ0) is 29.1. The van der Waals surface area contributed by atoms with Crippen LogP contribution in [-0.2, 0) is 11.8 Å². The number of benzene rings is 6. The molecule has 6 heteroatoms. The molecule has 0 unspecified atom stereocenters. The molecule has 0 saturated heterocycles. The minimum Gasteiger partial charge on any atom is -0.421 e. The van der Waals surface area contributed by atoms with Gasteiger partial charge in [0.25, 0.3) is 0 Å². The summed E-state index contributed by atoms with van der Waals surface area (Å²) < 4.78 is 13.2. The standard InChI is InChI=1S/C36H33N2O2PS/c1-4-37-33-21-19-27-13-5-7-17-31(27)35(33)36-32-18-8-6-14-28(32)20-22-34(36)38-41(42,39-29-15-9-11-25(2)23-29)40-30-16-10-12-26(3)24-30/h5-24,37H,4H2,1-3H3,(H,38,42). The first-order valence-corrected chi connectivity index (χ1v) is 16.7. The quantitative estimate of drug-likeness (QED) is 0.165. The largest absolute Gasteiger partial charge is 0.421 e. The van der Waals surface area contributed by atoms with Crippen LogP contribution in [0.3, 0.4) is 0 Å². The molecule has 6 rings (SSSR count). The van der Waals surface area contributed by atoms with Gasteiger partial charge in [0.1, 0.15) is 11.5 Å². The molecule has 0 bridgehead atoms. The Balaban J connectivity index is 1.57. The van der Waals surface area contributed by atoms with Crippen LogP contribution in [0.2, 0.25) is 0 Å². The number of hydrogen-bond donors (Lipinski definition) is 2. The van der Waals surface area contributed by atoms with E-state index in [0.717, 1.165) is 56.3 Å². The summed E-state index contributed by atoms with van der Waals surface area (Å²) in [5, 5.41) is 11.8. The van der Waals surface area contributed by atoms with E-state index >= 15 is 0 Å². The lowest BCUT2D eigenvalue weighted by atomic mass is 9.91. The van der Waals surface area contributed by atoms with Crippen LogP contribution in [0, 0.1) is 13.8 Å². The first kappa shape index (κ1) is 27.8. The maximum atomic E-state index is 6.58. The van der Waals surface area contributed by atoms with Crippen LogP contribution in [-0.4, -0.2) is 6.54 Å². The Morgan fingerprint density at radius 3 is 1.62 bits per heavy atom. The van der Waals surface area contributed by atoms with E-state index in [2.05, 4.69) is 90.1 Å². The zero-order valence-corrected chi connectivity index (χ0v) is 25.6. The SMILES string of the molecule is CCNc1ccc2ccccc2c1-c1c(NP(=S)(Oc2cccc(C)c2)Oc2cccc(C)c2)ccc2ccccc12. The number of fused-ring (bicyclic) bond motifs is 2. The van der Waals surface area contributed by atoms with Crippen molar-refractivity contribution in [2.45, 2.75) is 20.8 Å². The molecule has 42 heavy (non-hydrogen) atoms. The lowest BCUT2D eigenvalue weighted by Gasteiger charge is -2.27. The van der Waals surface area contributed by atoms with E-state index in [-0.39, 0.29) is 0 Å². The second-order valence-corrected chi connectivity index (χ2v) is 13.4. The van der Waals surface area contributed by atoms with Crippen molar-refractivity contribution < 1.29 is 9.05 Å². The molecule has 0 aliphatic rings. The van der Waals surface area contributed by atoms with Crippen molar-refractivity contribution in [3.63, 3.8) is 0 Å². The maximum Gasteiger partial charge on any atom is 0.392 e. The van der Waals surface area contributed by atoms with Crippen molar-refractivity contribution in [2.24, 2.45) is 0 Å². The van der Waals surface area contributed by atoms with E-state index in [0.29, 0.717) is 11.5 Å². The van der Waals surface area contributed by atoms with E-state index in [1.807, 2.05) is 62.4 Å². The van der Waals surface area contributed by atoms with Crippen LogP contribution in [0.25, 0.3) is 32.7 Å². The minimum absolute atomic E-state index is 0.666. The molecule has 0 saturated carbocycles. The molecule has 0 radical (unpaired) electrons. The van der Waals surface area contributed by atoms with Crippen molar-refractivity contribution in [3.05, 3.63) is 132 Å². The predicted molar refractivity (Wildman–Crippen MR) is 183 cm³/mol. The van der Waals surface area contributed by atoms with Crippen LogP contribution in [0.5, 0.6) is 11.5 Å². The highest BCUT2D eigenvalue weighted by molar-refractivity contribution is 8.10. The summed E-state index contributed by atoms with van der Waals surface area (Å²) in [6, 6.07) is 41.3. The molecule has 210 valence electrons. The molecule has 0 aliphatic heterocycles. The Kier molecular flexibility index (Phi) is 7.88. The first-order valence-electron chi connectivity index (χ1n) is 14.1. The normalized spacial score (nSPS) is 11.4. The fourth-order valence-electron chi connectivity index (χ4n) is 5.35. The number of anilines is 2. The van der Waals surface area contributed by atoms with Gasteiger partial charge >= 0.3 is 6.64 Å². The number of nitrogens with one attached hydrogen (secondary N) is 2. The van der Waals surface area contributed by atoms with Gasteiger partial charge < -0.3 is 14.4 Å². The smallest absolute Gasteiger partial charge is 0.392 e. The Hall–Kier alpha value is -4.31. The molecule has 2 N–H and O–H groups in total. The van der Waals surface area contributed by atoms with Crippen molar-refractivity contribution in [1.29, 1.82) is 0 Å². The molecule has 6 aromatic carbocycles. The average molecular weight is 589 g/mol.